The van der Waals surface area contributed by atoms with Gasteiger partial charge < -0.3 is 16.0 Å². The van der Waals surface area contributed by atoms with Gasteiger partial charge >= 0.3 is 0 Å². The van der Waals surface area contributed by atoms with Crippen molar-refractivity contribution >= 4 is 35.4 Å². The molecular formula is C37H64N6O9. The molecule has 0 aliphatic heterocycles. The molecule has 4 fully saturated rings. The van der Waals surface area contributed by atoms with Crippen LogP contribution in [-0.2, 0) is 28.8 Å². The first-order chi connectivity index (χ1) is 24.9. The zero-order chi connectivity index (χ0) is 37.9. The Kier molecular flexibility index (Phi) is 18.8. The highest BCUT2D eigenvalue weighted by atomic mass is 16.5. The number of carbonyl (C=O) groups is 6. The number of nitrogens with zero attached hydrogens (tertiary/aromatic N) is 3. The first-order valence-electron chi connectivity index (χ1n) is 19.6. The minimum atomic E-state index is -0.552. The molecule has 4 aliphatic rings. The number of hydrogen-bond acceptors (Lipinski definition) is 9. The van der Waals surface area contributed by atoms with Crippen molar-refractivity contribution in [2.45, 2.75) is 135 Å². The molecule has 0 aromatic rings. The summed E-state index contributed by atoms with van der Waals surface area (Å²) < 4.78 is 0. The van der Waals surface area contributed by atoms with Gasteiger partial charge in [0.05, 0.1) is 0 Å². The molecule has 15 nitrogen and oxygen atoms in total. The van der Waals surface area contributed by atoms with Crippen LogP contribution >= 0.6 is 0 Å². The van der Waals surface area contributed by atoms with Gasteiger partial charge in [-0.25, -0.2) is 15.2 Å². The summed E-state index contributed by atoms with van der Waals surface area (Å²) in [7, 11) is 0. The van der Waals surface area contributed by atoms with Crippen molar-refractivity contribution in [1.29, 1.82) is 0 Å². The number of hydroxylamine groups is 6. The van der Waals surface area contributed by atoms with E-state index in [2.05, 4.69) is 16.0 Å². The van der Waals surface area contributed by atoms with E-state index < -0.39 is 17.7 Å². The van der Waals surface area contributed by atoms with Gasteiger partial charge in [-0.2, -0.15) is 0 Å². The summed E-state index contributed by atoms with van der Waals surface area (Å²) in [6.07, 6.45) is 14.0. The summed E-state index contributed by atoms with van der Waals surface area (Å²) >= 11 is 0. The molecule has 4 rings (SSSR count). The van der Waals surface area contributed by atoms with Gasteiger partial charge in [0.1, 0.15) is 0 Å². The molecule has 0 spiro atoms. The van der Waals surface area contributed by atoms with Gasteiger partial charge in [0, 0.05) is 78.3 Å². The molecule has 0 atom stereocenters. The van der Waals surface area contributed by atoms with Gasteiger partial charge in [0.2, 0.25) is 35.4 Å². The second-order valence-electron chi connectivity index (χ2n) is 15.5. The Bertz CT molecular complexity index is 1150. The predicted molar refractivity (Wildman–Crippen MR) is 190 cm³/mol. The van der Waals surface area contributed by atoms with E-state index in [0.29, 0.717) is 86.2 Å². The molecule has 0 heterocycles. The third-order valence-electron chi connectivity index (χ3n) is 10.9. The maximum absolute atomic E-state index is 12.7. The maximum atomic E-state index is 12.7. The lowest BCUT2D eigenvalue weighted by Gasteiger charge is -2.56. The lowest BCUT2D eigenvalue weighted by Crippen LogP contribution is -2.48. The molecule has 6 amide bonds. The molecule has 0 aromatic carbocycles. The third-order valence-corrected chi connectivity index (χ3v) is 10.9. The summed E-state index contributed by atoms with van der Waals surface area (Å²) in [5.41, 5.74) is 0.234. The zero-order valence-corrected chi connectivity index (χ0v) is 31.2. The van der Waals surface area contributed by atoms with Crippen LogP contribution in [0.1, 0.15) is 135 Å². The summed E-state index contributed by atoms with van der Waals surface area (Å²) in [5, 5.41) is 39.8. The number of carbonyl (C=O) groups excluding carboxylic acids is 6. The Morgan fingerprint density at radius 2 is 0.885 bits per heavy atom. The minimum Gasteiger partial charge on any atom is -0.356 e. The first-order valence-corrected chi connectivity index (χ1v) is 19.6. The van der Waals surface area contributed by atoms with Crippen LogP contribution in [0, 0.1) is 23.2 Å². The number of hydrogen-bond donors (Lipinski definition) is 6. The molecule has 4 saturated carbocycles. The molecule has 0 unspecified atom stereocenters. The molecule has 0 saturated heterocycles. The van der Waals surface area contributed by atoms with Crippen LogP contribution < -0.4 is 16.0 Å². The van der Waals surface area contributed by atoms with Crippen LogP contribution in [-0.4, -0.2) is 106 Å². The van der Waals surface area contributed by atoms with Gasteiger partial charge in [-0.15, -0.1) is 0 Å². The second kappa shape index (κ2) is 22.7. The molecular weight excluding hydrogens is 672 g/mol. The molecule has 0 aromatic heterocycles. The molecule has 15 heteroatoms. The number of unbranched alkanes of at least 4 members (excludes halogenated alkanes) is 6. The Hall–Kier alpha value is -3.30. The maximum Gasteiger partial charge on any atom is 0.246 e. The fourth-order valence-corrected chi connectivity index (χ4v) is 8.57. The van der Waals surface area contributed by atoms with E-state index in [1.54, 1.807) is 0 Å². The number of amides is 6. The van der Waals surface area contributed by atoms with Gasteiger partial charge in [-0.05, 0) is 119 Å². The highest BCUT2D eigenvalue weighted by Gasteiger charge is 2.51. The van der Waals surface area contributed by atoms with E-state index >= 15 is 0 Å². The fourth-order valence-electron chi connectivity index (χ4n) is 8.57. The van der Waals surface area contributed by atoms with E-state index in [1.807, 2.05) is 0 Å². The number of nitrogens with one attached hydrogen (secondary N) is 3. The minimum absolute atomic E-state index is 0.0399. The summed E-state index contributed by atoms with van der Waals surface area (Å²) in [4.78, 5) is 72.0. The fraction of sp³-hybridized carbons (Fsp3) is 0.838. The predicted octanol–water partition coefficient (Wildman–Crippen LogP) is 3.69. The Morgan fingerprint density at radius 3 is 1.27 bits per heavy atom. The van der Waals surface area contributed by atoms with Gasteiger partial charge in [-0.3, -0.25) is 44.4 Å². The normalized spacial score (nSPS) is 21.3. The molecule has 296 valence electrons. The Labute approximate surface area is 308 Å². The lowest BCUT2D eigenvalue weighted by atomic mass is 9.49. The summed E-state index contributed by atoms with van der Waals surface area (Å²) in [6, 6.07) is 0. The van der Waals surface area contributed by atoms with Crippen molar-refractivity contribution in [3.8, 4) is 0 Å². The van der Waals surface area contributed by atoms with E-state index in [4.69, 9.17) is 0 Å². The molecule has 4 bridgehead atoms. The monoisotopic (exact) mass is 736 g/mol. The largest absolute Gasteiger partial charge is 0.356 e. The van der Waals surface area contributed by atoms with Crippen molar-refractivity contribution in [2.24, 2.45) is 23.2 Å². The molecule has 0 radical (unpaired) electrons. The van der Waals surface area contributed by atoms with Gasteiger partial charge in [0.15, 0.2) is 0 Å². The lowest BCUT2D eigenvalue weighted by molar-refractivity contribution is -0.166. The van der Waals surface area contributed by atoms with Crippen LogP contribution in [0.25, 0.3) is 0 Å². The molecule has 6 N–H and O–H groups in total. The van der Waals surface area contributed by atoms with Crippen molar-refractivity contribution < 1.29 is 44.4 Å². The van der Waals surface area contributed by atoms with Crippen LogP contribution in [0.5, 0.6) is 0 Å². The third kappa shape index (κ3) is 16.2. The van der Waals surface area contributed by atoms with Crippen LogP contribution in [0.3, 0.4) is 0 Å². The van der Waals surface area contributed by atoms with E-state index in [9.17, 15) is 44.4 Å². The first kappa shape index (κ1) is 43.1. The highest BCUT2D eigenvalue weighted by Crippen LogP contribution is 2.61. The smallest absolute Gasteiger partial charge is 0.246 e. The summed E-state index contributed by atoms with van der Waals surface area (Å²) in [5.74, 6) is 0.569. The van der Waals surface area contributed by atoms with Crippen molar-refractivity contribution in [3.63, 3.8) is 0 Å². The van der Waals surface area contributed by atoms with Gasteiger partial charge in [-0.1, -0.05) is 0 Å². The Morgan fingerprint density at radius 1 is 0.519 bits per heavy atom. The average molecular weight is 737 g/mol. The van der Waals surface area contributed by atoms with Gasteiger partial charge in [0.25, 0.3) is 0 Å². The SMILES string of the molecule is CC(=O)N(O)CCCCCNC(=O)CCC(=O)N(O)CCCCCNC(=O)CCC(=O)N(O)CCCCCNC(=O)CC12CC3CC(CC(C3)C1)C2. The second-order valence-corrected chi connectivity index (χ2v) is 15.5. The Balaban J connectivity index is 1.09. The van der Waals surface area contributed by atoms with Crippen molar-refractivity contribution in [1.82, 2.24) is 31.1 Å². The molecule has 4 aliphatic carbocycles. The van der Waals surface area contributed by atoms with Crippen molar-refractivity contribution in [2.75, 3.05) is 39.3 Å². The topological polar surface area (TPSA) is 209 Å². The van der Waals surface area contributed by atoms with E-state index in [-0.39, 0.29) is 68.5 Å². The average Bonchev–Trinajstić information content (AvgIpc) is 3.09. The van der Waals surface area contributed by atoms with Crippen molar-refractivity contribution in [3.05, 3.63) is 0 Å². The zero-order valence-electron chi connectivity index (χ0n) is 31.2. The van der Waals surface area contributed by atoms with E-state index in [1.165, 1.54) is 45.4 Å². The van der Waals surface area contributed by atoms with Crippen LogP contribution in [0.15, 0.2) is 0 Å². The van der Waals surface area contributed by atoms with E-state index in [0.717, 1.165) is 30.6 Å². The quantitative estimate of drug-likeness (QED) is 0.0434. The standard InChI is InChI=1S/C37H64N6O9/c1-28(44)41(50)18-8-2-5-15-38-32(45)11-13-35(48)42(51)19-9-3-6-16-39-33(46)12-14-36(49)43(52)20-10-4-7-17-40-34(47)27-37-24-29-21-30(25-37)23-31(22-29)26-37/h29-31,50-52H,2-27H2,1H3,(H,38,45)(H,39,46)(H,40,47). The number of rotatable bonds is 26. The van der Waals surface area contributed by atoms with Crippen LogP contribution in [0.2, 0.25) is 0 Å². The molecule has 52 heavy (non-hydrogen) atoms. The highest BCUT2D eigenvalue weighted by molar-refractivity contribution is 5.83. The van der Waals surface area contributed by atoms with Crippen LogP contribution in [0.4, 0.5) is 0 Å². The summed E-state index contributed by atoms with van der Waals surface area (Å²) in [6.45, 7) is 3.18.